The molecule has 0 atom stereocenters. The lowest BCUT2D eigenvalue weighted by Crippen LogP contribution is -2.40. The highest BCUT2D eigenvalue weighted by molar-refractivity contribution is 5.87. The molecule has 8 heteroatoms. The smallest absolute Gasteiger partial charge is 0.319 e. The zero-order chi connectivity index (χ0) is 16.8. The molecule has 23 heavy (non-hydrogen) atoms. The van der Waals surface area contributed by atoms with Gasteiger partial charge in [0.1, 0.15) is 18.2 Å². The highest BCUT2D eigenvalue weighted by atomic mass is 19.1. The summed E-state index contributed by atoms with van der Waals surface area (Å²) in [6.07, 6.45) is 0.171. The van der Waals surface area contributed by atoms with Gasteiger partial charge in [0.25, 0.3) is 0 Å². The topological polar surface area (TPSA) is 61.9 Å². The number of ether oxygens (including phenoxy) is 1. The molecule has 0 aromatic heterocycles. The van der Waals surface area contributed by atoms with Crippen LogP contribution >= 0.6 is 0 Å². The second-order valence-corrected chi connectivity index (χ2v) is 5.21. The molecule has 0 radical (unpaired) electrons. The third-order valence-electron chi connectivity index (χ3n) is 3.55. The van der Waals surface area contributed by atoms with Crippen LogP contribution in [-0.2, 0) is 16.0 Å². The fourth-order valence-electron chi connectivity index (χ4n) is 2.28. The number of carbonyl (C=O) groups excluding carboxylic acids is 2. The van der Waals surface area contributed by atoms with Gasteiger partial charge in [0.2, 0.25) is 5.91 Å². The van der Waals surface area contributed by atoms with Crippen LogP contribution in [0.25, 0.3) is 0 Å². The third kappa shape index (κ3) is 4.62. The van der Waals surface area contributed by atoms with Gasteiger partial charge in [-0.3, -0.25) is 9.69 Å². The number of nitrogens with zero attached hydrogens (tertiary/aromatic N) is 2. The number of amides is 3. The fourth-order valence-corrected chi connectivity index (χ4v) is 2.28. The van der Waals surface area contributed by atoms with Crippen LogP contribution in [0, 0.1) is 11.6 Å². The van der Waals surface area contributed by atoms with E-state index in [1.165, 1.54) is 16.9 Å². The molecule has 1 saturated heterocycles. The molecule has 0 unspecified atom stereocenters. The van der Waals surface area contributed by atoms with Gasteiger partial charge in [-0.25, -0.2) is 13.6 Å². The van der Waals surface area contributed by atoms with Gasteiger partial charge >= 0.3 is 6.03 Å². The molecule has 1 heterocycles. The van der Waals surface area contributed by atoms with Gasteiger partial charge in [0.05, 0.1) is 13.3 Å². The van der Waals surface area contributed by atoms with Gasteiger partial charge in [0, 0.05) is 20.2 Å². The SMILES string of the molecule is COCCN1CN(C(=O)NCCc2cc(F)ccc2F)CC1=O. The predicted octanol–water partition coefficient (Wildman–Crippen LogP) is 0.965. The van der Waals surface area contributed by atoms with Crippen molar-refractivity contribution in [2.45, 2.75) is 6.42 Å². The van der Waals surface area contributed by atoms with Gasteiger partial charge < -0.3 is 15.0 Å². The number of urea groups is 1. The number of hydrogen-bond acceptors (Lipinski definition) is 3. The van der Waals surface area contributed by atoms with Crippen LogP contribution in [0.2, 0.25) is 0 Å². The largest absolute Gasteiger partial charge is 0.383 e. The van der Waals surface area contributed by atoms with Gasteiger partial charge in [-0.05, 0) is 30.2 Å². The minimum atomic E-state index is -0.522. The molecule has 3 amide bonds. The highest BCUT2D eigenvalue weighted by Gasteiger charge is 2.30. The number of rotatable bonds is 6. The summed E-state index contributed by atoms with van der Waals surface area (Å²) in [6.45, 7) is 1.18. The third-order valence-corrected chi connectivity index (χ3v) is 3.55. The number of methoxy groups -OCH3 is 1. The summed E-state index contributed by atoms with van der Waals surface area (Å²) in [4.78, 5) is 26.6. The summed E-state index contributed by atoms with van der Waals surface area (Å²) in [7, 11) is 1.54. The van der Waals surface area contributed by atoms with E-state index in [0.29, 0.717) is 13.2 Å². The van der Waals surface area contributed by atoms with Crippen molar-refractivity contribution in [3.05, 3.63) is 35.4 Å². The molecule has 1 aromatic carbocycles. The van der Waals surface area contributed by atoms with Crippen molar-refractivity contribution in [3.63, 3.8) is 0 Å². The maximum Gasteiger partial charge on any atom is 0.319 e. The Balaban J connectivity index is 1.79. The molecule has 0 spiro atoms. The van der Waals surface area contributed by atoms with E-state index in [-0.39, 0.29) is 37.6 Å². The fraction of sp³-hybridized carbons (Fsp3) is 0.467. The normalized spacial score (nSPS) is 14.5. The van der Waals surface area contributed by atoms with Crippen molar-refractivity contribution >= 4 is 11.9 Å². The molecule has 126 valence electrons. The Morgan fingerprint density at radius 3 is 2.91 bits per heavy atom. The minimum Gasteiger partial charge on any atom is -0.383 e. The predicted molar refractivity (Wildman–Crippen MR) is 78.6 cm³/mol. The molecule has 2 rings (SSSR count). The van der Waals surface area contributed by atoms with Gasteiger partial charge in [-0.15, -0.1) is 0 Å². The molecule has 0 aliphatic carbocycles. The zero-order valence-electron chi connectivity index (χ0n) is 12.8. The molecule has 0 bridgehead atoms. The van der Waals surface area contributed by atoms with Crippen molar-refractivity contribution in [3.8, 4) is 0 Å². The van der Waals surface area contributed by atoms with Crippen LogP contribution in [-0.4, -0.2) is 61.8 Å². The Morgan fingerprint density at radius 1 is 1.39 bits per heavy atom. The number of benzene rings is 1. The Labute approximate surface area is 133 Å². The molecule has 1 aromatic rings. The van der Waals surface area contributed by atoms with E-state index < -0.39 is 17.7 Å². The number of halogens is 2. The minimum absolute atomic E-state index is 0.00384. The highest BCUT2D eigenvalue weighted by Crippen LogP contribution is 2.10. The van der Waals surface area contributed by atoms with Crippen LogP contribution < -0.4 is 5.32 Å². The average Bonchev–Trinajstić information content (AvgIpc) is 2.89. The lowest BCUT2D eigenvalue weighted by molar-refractivity contribution is -0.127. The van der Waals surface area contributed by atoms with Crippen LogP contribution in [0.15, 0.2) is 18.2 Å². The average molecular weight is 327 g/mol. The van der Waals surface area contributed by atoms with Crippen LogP contribution in [0.4, 0.5) is 13.6 Å². The van der Waals surface area contributed by atoms with Gasteiger partial charge in [-0.1, -0.05) is 0 Å². The van der Waals surface area contributed by atoms with E-state index in [9.17, 15) is 18.4 Å². The van der Waals surface area contributed by atoms with E-state index in [4.69, 9.17) is 4.74 Å². The summed E-state index contributed by atoms with van der Waals surface area (Å²) in [5.74, 6) is -1.18. The Morgan fingerprint density at radius 2 is 2.17 bits per heavy atom. The summed E-state index contributed by atoms with van der Waals surface area (Å²) in [5.41, 5.74) is 0.199. The van der Waals surface area contributed by atoms with Gasteiger partial charge in [-0.2, -0.15) is 0 Å². The second-order valence-electron chi connectivity index (χ2n) is 5.21. The molecule has 1 aliphatic heterocycles. The first-order valence-corrected chi connectivity index (χ1v) is 7.24. The van der Waals surface area contributed by atoms with Crippen molar-refractivity contribution in [1.29, 1.82) is 0 Å². The van der Waals surface area contributed by atoms with Crippen molar-refractivity contribution in [2.75, 3.05) is 40.0 Å². The van der Waals surface area contributed by atoms with Crippen molar-refractivity contribution in [1.82, 2.24) is 15.1 Å². The van der Waals surface area contributed by atoms with E-state index in [0.717, 1.165) is 18.2 Å². The van der Waals surface area contributed by atoms with Crippen LogP contribution in [0.3, 0.4) is 0 Å². The quantitative estimate of drug-likeness (QED) is 0.847. The first-order valence-electron chi connectivity index (χ1n) is 7.24. The van der Waals surface area contributed by atoms with Crippen molar-refractivity contribution in [2.24, 2.45) is 0 Å². The monoisotopic (exact) mass is 327 g/mol. The van der Waals surface area contributed by atoms with E-state index in [1.54, 1.807) is 0 Å². The Bertz CT molecular complexity index is 583. The molecule has 6 nitrogen and oxygen atoms in total. The first kappa shape index (κ1) is 17.1. The Hall–Kier alpha value is -2.22. The summed E-state index contributed by atoms with van der Waals surface area (Å²) < 4.78 is 31.4. The zero-order valence-corrected chi connectivity index (χ0v) is 12.8. The molecule has 0 saturated carbocycles. The molecular formula is C15H19F2N3O3. The molecule has 1 fully saturated rings. The first-order chi connectivity index (χ1) is 11.0. The maximum atomic E-state index is 13.5. The Kier molecular flexibility index (Phi) is 5.86. The molecule has 1 aliphatic rings. The van der Waals surface area contributed by atoms with E-state index in [2.05, 4.69) is 5.32 Å². The van der Waals surface area contributed by atoms with Crippen LogP contribution in [0.5, 0.6) is 0 Å². The number of carbonyl (C=O) groups is 2. The summed E-state index contributed by atoms with van der Waals surface area (Å²) in [5, 5.41) is 2.60. The maximum absolute atomic E-state index is 13.5. The summed E-state index contributed by atoms with van der Waals surface area (Å²) in [6, 6.07) is 2.80. The van der Waals surface area contributed by atoms with E-state index >= 15 is 0 Å². The number of nitrogens with one attached hydrogen (secondary N) is 1. The standard InChI is InChI=1S/C15H19F2N3O3/c1-23-7-6-19-10-20(9-14(19)21)15(22)18-5-4-11-8-12(16)2-3-13(11)17/h2-3,8H,4-7,9-10H2,1H3,(H,18,22). The summed E-state index contributed by atoms with van der Waals surface area (Å²) >= 11 is 0. The second kappa shape index (κ2) is 7.87. The molecular weight excluding hydrogens is 308 g/mol. The van der Waals surface area contributed by atoms with Gasteiger partial charge in [0.15, 0.2) is 0 Å². The van der Waals surface area contributed by atoms with Crippen LogP contribution in [0.1, 0.15) is 5.56 Å². The molecule has 1 N–H and O–H groups in total. The van der Waals surface area contributed by atoms with E-state index in [1.807, 2.05) is 0 Å². The lowest BCUT2D eigenvalue weighted by atomic mass is 10.1. The lowest BCUT2D eigenvalue weighted by Gasteiger charge is -2.18. The number of hydrogen-bond donors (Lipinski definition) is 1. The van der Waals surface area contributed by atoms with Crippen molar-refractivity contribution < 1.29 is 23.1 Å².